The maximum absolute atomic E-state index is 12.2. The van der Waals surface area contributed by atoms with Crippen LogP contribution in [-0.4, -0.2) is 43.2 Å². The molecular formula is C21H23N3O3. The first-order valence-electron chi connectivity index (χ1n) is 8.54. The van der Waals surface area contributed by atoms with Gasteiger partial charge < -0.3 is 10.0 Å². The maximum atomic E-state index is 12.2. The first-order valence-corrected chi connectivity index (χ1v) is 8.54. The summed E-state index contributed by atoms with van der Waals surface area (Å²) in [5, 5.41) is 12.9. The fourth-order valence-corrected chi connectivity index (χ4v) is 2.32. The average Bonchev–Trinajstić information content (AvgIpc) is 2.67. The zero-order chi connectivity index (χ0) is 19.6. The second-order valence-corrected chi connectivity index (χ2v) is 6.01. The standard InChI is InChI=1S/C21H23N3O3/c1-16(26)6-7-17-4-3-5-19(14-17)21(27)23-22-15-18-8-10-20(11-9-18)24(2)12-13-25/h3-11,14-15,25H,12-13H2,1-2H3,(H,23,27). The van der Waals surface area contributed by atoms with Crippen LogP contribution in [0.15, 0.2) is 59.7 Å². The number of nitrogens with one attached hydrogen (secondary N) is 1. The number of benzene rings is 2. The molecule has 2 rings (SSSR count). The van der Waals surface area contributed by atoms with E-state index in [1.54, 1.807) is 30.5 Å². The SMILES string of the molecule is CC(=O)C=Cc1cccc(C(=O)NN=Cc2ccc(N(C)CCO)cc2)c1. The van der Waals surface area contributed by atoms with E-state index in [0.717, 1.165) is 16.8 Å². The Hall–Kier alpha value is -3.25. The lowest BCUT2D eigenvalue weighted by Gasteiger charge is -2.17. The number of allylic oxidation sites excluding steroid dienone is 1. The highest BCUT2D eigenvalue weighted by molar-refractivity contribution is 5.96. The Morgan fingerprint density at radius 2 is 1.89 bits per heavy atom. The van der Waals surface area contributed by atoms with Crippen molar-refractivity contribution >= 4 is 29.7 Å². The Morgan fingerprint density at radius 1 is 1.15 bits per heavy atom. The van der Waals surface area contributed by atoms with E-state index in [4.69, 9.17) is 5.11 Å². The van der Waals surface area contributed by atoms with E-state index in [0.29, 0.717) is 12.1 Å². The molecule has 2 N–H and O–H groups in total. The highest BCUT2D eigenvalue weighted by Crippen LogP contribution is 2.12. The van der Waals surface area contributed by atoms with Crippen molar-refractivity contribution < 1.29 is 14.7 Å². The fraction of sp³-hybridized carbons (Fsp3) is 0.190. The zero-order valence-electron chi connectivity index (χ0n) is 15.4. The quantitative estimate of drug-likeness (QED) is 0.428. The summed E-state index contributed by atoms with van der Waals surface area (Å²) < 4.78 is 0. The molecule has 0 aromatic heterocycles. The number of carbonyl (C=O) groups excluding carboxylic acids is 2. The van der Waals surface area contributed by atoms with Crippen molar-refractivity contribution in [2.24, 2.45) is 5.10 Å². The molecule has 0 aliphatic rings. The fourth-order valence-electron chi connectivity index (χ4n) is 2.32. The van der Waals surface area contributed by atoms with Crippen LogP contribution in [0.4, 0.5) is 5.69 Å². The monoisotopic (exact) mass is 365 g/mol. The van der Waals surface area contributed by atoms with E-state index in [2.05, 4.69) is 10.5 Å². The molecule has 0 radical (unpaired) electrons. The summed E-state index contributed by atoms with van der Waals surface area (Å²) in [4.78, 5) is 25.1. The molecule has 0 saturated heterocycles. The molecule has 2 aromatic carbocycles. The molecule has 0 aliphatic carbocycles. The van der Waals surface area contributed by atoms with Crippen molar-refractivity contribution in [1.29, 1.82) is 0 Å². The molecule has 0 heterocycles. The number of hydrogen-bond acceptors (Lipinski definition) is 5. The topological polar surface area (TPSA) is 82.0 Å². The Labute approximate surface area is 158 Å². The molecule has 0 spiro atoms. The molecule has 27 heavy (non-hydrogen) atoms. The van der Waals surface area contributed by atoms with Crippen molar-refractivity contribution in [3.63, 3.8) is 0 Å². The summed E-state index contributed by atoms with van der Waals surface area (Å²) in [6.45, 7) is 2.13. The van der Waals surface area contributed by atoms with E-state index >= 15 is 0 Å². The van der Waals surface area contributed by atoms with Gasteiger partial charge in [-0.1, -0.05) is 30.3 Å². The van der Waals surface area contributed by atoms with Gasteiger partial charge in [0.05, 0.1) is 12.8 Å². The van der Waals surface area contributed by atoms with Gasteiger partial charge in [0.1, 0.15) is 0 Å². The van der Waals surface area contributed by atoms with Gasteiger partial charge in [0, 0.05) is 24.8 Å². The Bertz CT molecular complexity index is 842. The summed E-state index contributed by atoms with van der Waals surface area (Å²) in [6.07, 6.45) is 4.68. The van der Waals surface area contributed by atoms with Crippen LogP contribution in [0.3, 0.4) is 0 Å². The van der Waals surface area contributed by atoms with Gasteiger partial charge >= 0.3 is 0 Å². The van der Waals surface area contributed by atoms with Crippen LogP contribution in [0, 0.1) is 0 Å². The van der Waals surface area contributed by atoms with Crippen LogP contribution in [0.2, 0.25) is 0 Å². The van der Waals surface area contributed by atoms with Gasteiger partial charge in [-0.05, 0) is 48.4 Å². The van der Waals surface area contributed by atoms with E-state index in [-0.39, 0.29) is 18.3 Å². The number of hydrazone groups is 1. The molecular weight excluding hydrogens is 342 g/mol. The average molecular weight is 365 g/mol. The number of anilines is 1. The number of nitrogens with zero attached hydrogens (tertiary/aromatic N) is 2. The van der Waals surface area contributed by atoms with Crippen LogP contribution >= 0.6 is 0 Å². The summed E-state index contributed by atoms with van der Waals surface area (Å²) in [5.41, 5.74) is 5.55. The van der Waals surface area contributed by atoms with Crippen molar-refractivity contribution in [2.45, 2.75) is 6.92 Å². The minimum atomic E-state index is -0.330. The van der Waals surface area contributed by atoms with Crippen molar-refractivity contribution in [1.82, 2.24) is 5.43 Å². The number of hydrogen-bond donors (Lipinski definition) is 2. The van der Waals surface area contributed by atoms with E-state index in [1.165, 1.54) is 13.0 Å². The number of amides is 1. The number of aliphatic hydroxyl groups is 1. The van der Waals surface area contributed by atoms with Gasteiger partial charge in [-0.3, -0.25) is 9.59 Å². The molecule has 140 valence electrons. The second kappa shape index (κ2) is 10.0. The number of ketones is 1. The smallest absolute Gasteiger partial charge is 0.271 e. The molecule has 0 unspecified atom stereocenters. The number of rotatable bonds is 8. The Morgan fingerprint density at radius 3 is 2.56 bits per heavy atom. The molecule has 0 saturated carbocycles. The van der Waals surface area contributed by atoms with E-state index < -0.39 is 0 Å². The van der Waals surface area contributed by atoms with Crippen LogP contribution < -0.4 is 10.3 Å². The third-order valence-corrected chi connectivity index (χ3v) is 3.81. The molecule has 0 atom stereocenters. The number of likely N-dealkylation sites (N-methyl/N-ethyl adjacent to an activating group) is 1. The van der Waals surface area contributed by atoms with E-state index in [1.807, 2.05) is 42.3 Å². The van der Waals surface area contributed by atoms with Gasteiger partial charge in [-0.25, -0.2) is 5.43 Å². The summed E-state index contributed by atoms with van der Waals surface area (Å²) >= 11 is 0. The first kappa shape index (κ1) is 20.1. The minimum absolute atomic E-state index is 0.0528. The van der Waals surface area contributed by atoms with Gasteiger partial charge in [0.25, 0.3) is 5.91 Å². The first-order chi connectivity index (χ1) is 13.0. The van der Waals surface area contributed by atoms with Crippen LogP contribution in [0.1, 0.15) is 28.4 Å². The highest BCUT2D eigenvalue weighted by Gasteiger charge is 2.04. The molecule has 1 amide bonds. The molecule has 2 aromatic rings. The van der Waals surface area contributed by atoms with Crippen LogP contribution in [0.5, 0.6) is 0 Å². The van der Waals surface area contributed by atoms with Crippen molar-refractivity contribution in [2.75, 3.05) is 25.1 Å². The summed E-state index contributed by atoms with van der Waals surface area (Å²) in [6, 6.07) is 14.5. The largest absolute Gasteiger partial charge is 0.395 e. The highest BCUT2D eigenvalue weighted by atomic mass is 16.3. The summed E-state index contributed by atoms with van der Waals surface area (Å²) in [7, 11) is 1.90. The number of carbonyl (C=O) groups is 2. The normalized spacial score (nSPS) is 11.1. The van der Waals surface area contributed by atoms with Gasteiger partial charge in [-0.15, -0.1) is 0 Å². The van der Waals surface area contributed by atoms with Crippen molar-refractivity contribution in [3.8, 4) is 0 Å². The molecule has 0 aliphatic heterocycles. The lowest BCUT2D eigenvalue weighted by molar-refractivity contribution is -0.112. The molecule has 0 bridgehead atoms. The Balaban J connectivity index is 1.97. The maximum Gasteiger partial charge on any atom is 0.271 e. The predicted octanol–water partition coefficient (Wildman–Crippen LogP) is 2.48. The predicted molar refractivity (Wildman–Crippen MR) is 108 cm³/mol. The minimum Gasteiger partial charge on any atom is -0.395 e. The van der Waals surface area contributed by atoms with Gasteiger partial charge in [-0.2, -0.15) is 5.10 Å². The lowest BCUT2D eigenvalue weighted by Crippen LogP contribution is -2.20. The lowest BCUT2D eigenvalue weighted by atomic mass is 10.1. The van der Waals surface area contributed by atoms with Crippen molar-refractivity contribution in [3.05, 3.63) is 71.3 Å². The van der Waals surface area contributed by atoms with Gasteiger partial charge in [0.2, 0.25) is 0 Å². The van der Waals surface area contributed by atoms with Crippen LogP contribution in [0.25, 0.3) is 6.08 Å². The molecule has 6 heteroatoms. The van der Waals surface area contributed by atoms with E-state index in [9.17, 15) is 9.59 Å². The summed E-state index contributed by atoms with van der Waals surface area (Å²) in [5.74, 6) is -0.383. The van der Waals surface area contributed by atoms with Gasteiger partial charge in [0.15, 0.2) is 5.78 Å². The molecule has 6 nitrogen and oxygen atoms in total. The zero-order valence-corrected chi connectivity index (χ0v) is 15.4. The number of aliphatic hydroxyl groups excluding tert-OH is 1. The van der Waals surface area contributed by atoms with Crippen LogP contribution in [-0.2, 0) is 4.79 Å². The molecule has 0 fully saturated rings. The second-order valence-electron chi connectivity index (χ2n) is 6.01. The Kier molecular flexibility index (Phi) is 7.46. The third kappa shape index (κ3) is 6.52. The third-order valence-electron chi connectivity index (χ3n) is 3.81.